The van der Waals surface area contributed by atoms with Crippen molar-refractivity contribution in [3.8, 4) is 6.07 Å². The third-order valence-electron chi connectivity index (χ3n) is 2.84. The fourth-order valence-electron chi connectivity index (χ4n) is 1.54. The van der Waals surface area contributed by atoms with E-state index in [1.54, 1.807) is 11.8 Å². The van der Waals surface area contributed by atoms with Gasteiger partial charge in [0.2, 0.25) is 5.91 Å². The molecule has 4 nitrogen and oxygen atoms in total. The summed E-state index contributed by atoms with van der Waals surface area (Å²) in [5.41, 5.74) is 0. The first kappa shape index (κ1) is 14.9. The van der Waals surface area contributed by atoms with Crippen LogP contribution in [0.4, 0.5) is 0 Å². The third kappa shape index (κ3) is 4.19. The average molecular weight is 226 g/mol. The molecule has 0 rings (SSSR count). The molecule has 0 aromatic rings. The van der Waals surface area contributed by atoms with Crippen LogP contribution in [0.1, 0.15) is 40.5 Å². The second kappa shape index (κ2) is 7.24. The van der Waals surface area contributed by atoms with Gasteiger partial charge in [-0.25, -0.2) is 0 Å². The summed E-state index contributed by atoms with van der Waals surface area (Å²) >= 11 is 0. The number of rotatable bonds is 6. The summed E-state index contributed by atoms with van der Waals surface area (Å²) < 4.78 is 0. The molecule has 16 heavy (non-hydrogen) atoms. The van der Waals surface area contributed by atoms with Crippen LogP contribution in [0.25, 0.3) is 0 Å². The number of aliphatic hydroxyl groups is 1. The maximum absolute atomic E-state index is 11.9. The van der Waals surface area contributed by atoms with E-state index in [1.165, 1.54) is 0 Å². The largest absolute Gasteiger partial charge is 0.396 e. The van der Waals surface area contributed by atoms with Gasteiger partial charge in [-0.3, -0.25) is 4.79 Å². The van der Waals surface area contributed by atoms with Gasteiger partial charge in [0.1, 0.15) is 6.04 Å². The van der Waals surface area contributed by atoms with Crippen molar-refractivity contribution in [1.82, 2.24) is 4.90 Å². The number of hydrogen-bond donors (Lipinski definition) is 1. The van der Waals surface area contributed by atoms with E-state index in [-0.39, 0.29) is 18.6 Å². The quantitative estimate of drug-likeness (QED) is 0.747. The zero-order chi connectivity index (χ0) is 12.7. The fraction of sp³-hybridized carbons (Fsp3) is 0.833. The monoisotopic (exact) mass is 226 g/mol. The number of carbonyl (C=O) groups excluding carboxylic acids is 1. The highest BCUT2D eigenvalue weighted by molar-refractivity contribution is 5.77. The van der Waals surface area contributed by atoms with Crippen LogP contribution in [-0.2, 0) is 4.79 Å². The Morgan fingerprint density at radius 2 is 1.94 bits per heavy atom. The van der Waals surface area contributed by atoms with E-state index >= 15 is 0 Å². The summed E-state index contributed by atoms with van der Waals surface area (Å²) in [6.45, 7) is 7.75. The minimum atomic E-state index is -0.413. The van der Waals surface area contributed by atoms with Crippen LogP contribution < -0.4 is 0 Å². The molecule has 0 aliphatic rings. The van der Waals surface area contributed by atoms with E-state index in [4.69, 9.17) is 10.4 Å². The number of nitriles is 1. The lowest BCUT2D eigenvalue weighted by Gasteiger charge is -2.33. The van der Waals surface area contributed by atoms with Gasteiger partial charge in [0, 0.05) is 19.1 Å². The molecule has 0 radical (unpaired) electrons. The maximum Gasteiger partial charge on any atom is 0.223 e. The predicted octanol–water partition coefficient (Wildman–Crippen LogP) is 1.54. The van der Waals surface area contributed by atoms with E-state index in [0.29, 0.717) is 18.8 Å². The Balaban J connectivity index is 4.68. The van der Waals surface area contributed by atoms with Crippen molar-refractivity contribution in [2.24, 2.45) is 5.92 Å². The molecule has 0 saturated heterocycles. The number of amides is 1. The van der Waals surface area contributed by atoms with E-state index in [1.807, 2.05) is 20.8 Å². The number of hydrogen-bond acceptors (Lipinski definition) is 3. The van der Waals surface area contributed by atoms with Gasteiger partial charge in [-0.05, 0) is 26.2 Å². The lowest BCUT2D eigenvalue weighted by Crippen LogP contribution is -2.46. The SMILES string of the molecule is CC(C)C(C)N(C(=O)CCCO)[C@@H](C)C#N. The number of carbonyl (C=O) groups is 1. The minimum absolute atomic E-state index is 0.0105. The van der Waals surface area contributed by atoms with Crippen LogP contribution in [0, 0.1) is 17.2 Å². The van der Waals surface area contributed by atoms with E-state index in [0.717, 1.165) is 0 Å². The van der Waals surface area contributed by atoms with Crippen molar-refractivity contribution in [2.45, 2.75) is 52.6 Å². The fourth-order valence-corrected chi connectivity index (χ4v) is 1.54. The molecule has 0 aliphatic carbocycles. The van der Waals surface area contributed by atoms with Crippen molar-refractivity contribution in [3.05, 3.63) is 0 Å². The Kier molecular flexibility index (Phi) is 6.75. The van der Waals surface area contributed by atoms with Crippen LogP contribution in [0.2, 0.25) is 0 Å². The zero-order valence-corrected chi connectivity index (χ0v) is 10.6. The molecule has 0 aromatic heterocycles. The topological polar surface area (TPSA) is 64.3 Å². The van der Waals surface area contributed by atoms with Crippen molar-refractivity contribution < 1.29 is 9.90 Å². The van der Waals surface area contributed by atoms with Gasteiger partial charge in [-0.2, -0.15) is 5.26 Å². The van der Waals surface area contributed by atoms with Crippen molar-refractivity contribution in [3.63, 3.8) is 0 Å². The van der Waals surface area contributed by atoms with E-state index in [2.05, 4.69) is 6.07 Å². The van der Waals surface area contributed by atoms with Crippen LogP contribution in [0.3, 0.4) is 0 Å². The predicted molar refractivity (Wildman–Crippen MR) is 62.5 cm³/mol. The molecule has 0 aromatic carbocycles. The molecule has 1 unspecified atom stereocenters. The molecule has 0 aliphatic heterocycles. The van der Waals surface area contributed by atoms with Crippen LogP contribution in [0.15, 0.2) is 0 Å². The molecule has 4 heteroatoms. The minimum Gasteiger partial charge on any atom is -0.396 e. The summed E-state index contributed by atoms with van der Waals surface area (Å²) in [6.07, 6.45) is 0.762. The second-order valence-electron chi connectivity index (χ2n) is 4.42. The Hall–Kier alpha value is -1.08. The Labute approximate surface area is 97.9 Å². The Morgan fingerprint density at radius 3 is 2.31 bits per heavy atom. The van der Waals surface area contributed by atoms with Gasteiger partial charge < -0.3 is 10.0 Å². The molecule has 0 saturated carbocycles. The van der Waals surface area contributed by atoms with Gasteiger partial charge in [0.15, 0.2) is 0 Å². The molecular weight excluding hydrogens is 204 g/mol. The molecule has 1 amide bonds. The van der Waals surface area contributed by atoms with Crippen molar-refractivity contribution >= 4 is 5.91 Å². The van der Waals surface area contributed by atoms with Crippen molar-refractivity contribution in [2.75, 3.05) is 6.61 Å². The lowest BCUT2D eigenvalue weighted by atomic mass is 10.0. The molecule has 0 fully saturated rings. The first-order valence-electron chi connectivity index (χ1n) is 5.77. The summed E-state index contributed by atoms with van der Waals surface area (Å²) in [6, 6.07) is 1.73. The summed E-state index contributed by atoms with van der Waals surface area (Å²) in [5.74, 6) is 0.262. The molecule has 2 atom stereocenters. The molecule has 0 bridgehead atoms. The number of aliphatic hydroxyl groups excluding tert-OH is 1. The van der Waals surface area contributed by atoms with Crippen LogP contribution in [-0.4, -0.2) is 34.6 Å². The molecule has 0 heterocycles. The van der Waals surface area contributed by atoms with Gasteiger partial charge in [-0.15, -0.1) is 0 Å². The van der Waals surface area contributed by atoms with Crippen LogP contribution in [0.5, 0.6) is 0 Å². The lowest BCUT2D eigenvalue weighted by molar-refractivity contribution is -0.135. The Bertz CT molecular complexity index is 258. The smallest absolute Gasteiger partial charge is 0.223 e. The Morgan fingerprint density at radius 1 is 1.38 bits per heavy atom. The highest BCUT2D eigenvalue weighted by Gasteiger charge is 2.26. The first-order chi connectivity index (χ1) is 7.45. The summed E-state index contributed by atoms with van der Waals surface area (Å²) in [5, 5.41) is 17.6. The highest BCUT2D eigenvalue weighted by Crippen LogP contribution is 2.15. The summed E-state index contributed by atoms with van der Waals surface area (Å²) in [4.78, 5) is 13.5. The van der Waals surface area contributed by atoms with Gasteiger partial charge in [0.25, 0.3) is 0 Å². The van der Waals surface area contributed by atoms with E-state index < -0.39 is 6.04 Å². The standard InChI is InChI=1S/C12H22N2O2/c1-9(2)11(4)14(10(3)8-13)12(16)6-5-7-15/h9-11,15H,5-7H2,1-4H3/t10-,11?/m0/s1. The van der Waals surface area contributed by atoms with E-state index in [9.17, 15) is 4.79 Å². The van der Waals surface area contributed by atoms with Gasteiger partial charge in [-0.1, -0.05) is 13.8 Å². The maximum atomic E-state index is 11.9. The first-order valence-corrected chi connectivity index (χ1v) is 5.77. The highest BCUT2D eigenvalue weighted by atomic mass is 16.3. The average Bonchev–Trinajstić information content (AvgIpc) is 2.25. The van der Waals surface area contributed by atoms with Gasteiger partial charge in [0.05, 0.1) is 6.07 Å². The van der Waals surface area contributed by atoms with Crippen molar-refractivity contribution in [1.29, 1.82) is 5.26 Å². The van der Waals surface area contributed by atoms with Crippen LogP contribution >= 0.6 is 0 Å². The van der Waals surface area contributed by atoms with Gasteiger partial charge >= 0.3 is 0 Å². The molecule has 0 spiro atoms. The second-order valence-corrected chi connectivity index (χ2v) is 4.42. The molecule has 1 N–H and O–H groups in total. The zero-order valence-electron chi connectivity index (χ0n) is 10.6. The molecule has 92 valence electrons. The number of nitrogens with zero attached hydrogens (tertiary/aromatic N) is 2. The normalized spacial score (nSPS) is 14.3. The summed E-state index contributed by atoms with van der Waals surface area (Å²) in [7, 11) is 0. The molecular formula is C12H22N2O2. The third-order valence-corrected chi connectivity index (χ3v) is 2.84.